The minimum Gasteiger partial charge on any atom is -0.341 e. The summed E-state index contributed by atoms with van der Waals surface area (Å²) in [7, 11) is 0. The minimum absolute atomic E-state index is 0.259. The van der Waals surface area contributed by atoms with Gasteiger partial charge in [0.15, 0.2) is 0 Å². The molecule has 0 aliphatic carbocycles. The summed E-state index contributed by atoms with van der Waals surface area (Å²) in [5.41, 5.74) is 7.06. The number of aromatic nitrogens is 2. The molecule has 0 bridgehead atoms. The van der Waals surface area contributed by atoms with Crippen molar-refractivity contribution in [2.75, 3.05) is 32.7 Å². The van der Waals surface area contributed by atoms with Gasteiger partial charge in [-0.3, -0.25) is 14.8 Å². The molecule has 3 N–H and O–H groups in total. The fourth-order valence-corrected chi connectivity index (χ4v) is 3.35. The Morgan fingerprint density at radius 3 is 2.86 bits per heavy atom. The molecule has 1 amide bonds. The number of likely N-dealkylation sites (tertiary alicyclic amines) is 2. The molecule has 0 aromatic carbocycles. The lowest BCUT2D eigenvalue weighted by Gasteiger charge is -2.35. The lowest BCUT2D eigenvalue weighted by molar-refractivity contribution is -0.133. The lowest BCUT2D eigenvalue weighted by Crippen LogP contribution is -2.47. The number of aromatic amines is 1. The second kappa shape index (κ2) is 6.58. The first-order chi connectivity index (χ1) is 10.2. The molecule has 6 heteroatoms. The summed E-state index contributed by atoms with van der Waals surface area (Å²) in [5, 5.41) is 7.06. The van der Waals surface area contributed by atoms with Gasteiger partial charge in [-0.2, -0.15) is 5.10 Å². The smallest absolute Gasteiger partial charge is 0.236 e. The second-order valence-corrected chi connectivity index (χ2v) is 6.30. The summed E-state index contributed by atoms with van der Waals surface area (Å²) in [6.45, 7) is 4.14. The minimum atomic E-state index is 0.259. The number of hydrogen-bond acceptors (Lipinski definition) is 4. The van der Waals surface area contributed by atoms with Crippen LogP contribution in [-0.4, -0.2) is 64.7 Å². The van der Waals surface area contributed by atoms with Crippen LogP contribution in [-0.2, 0) is 4.79 Å². The van der Waals surface area contributed by atoms with E-state index in [1.54, 1.807) is 6.20 Å². The maximum absolute atomic E-state index is 12.5. The highest BCUT2D eigenvalue weighted by atomic mass is 16.2. The van der Waals surface area contributed by atoms with Gasteiger partial charge >= 0.3 is 0 Å². The van der Waals surface area contributed by atoms with Gasteiger partial charge < -0.3 is 10.6 Å². The van der Waals surface area contributed by atoms with Gasteiger partial charge in [0.05, 0.1) is 6.54 Å². The van der Waals surface area contributed by atoms with Crippen LogP contribution in [0.5, 0.6) is 0 Å². The third-order valence-electron chi connectivity index (χ3n) is 4.73. The van der Waals surface area contributed by atoms with Crippen molar-refractivity contribution in [2.24, 2.45) is 5.73 Å². The fourth-order valence-electron chi connectivity index (χ4n) is 3.35. The van der Waals surface area contributed by atoms with Crippen molar-refractivity contribution in [1.82, 2.24) is 20.0 Å². The SMILES string of the molecule is NC1CCN(CC(=O)N2CCCC(c3ccn[nH]3)C2)CC1. The number of nitrogens with one attached hydrogen (secondary N) is 1. The predicted molar refractivity (Wildman–Crippen MR) is 80.8 cm³/mol. The molecule has 2 aliphatic rings. The Bertz CT molecular complexity index is 453. The third kappa shape index (κ3) is 3.63. The van der Waals surface area contributed by atoms with Crippen LogP contribution in [0.4, 0.5) is 0 Å². The number of carbonyl (C=O) groups excluding carboxylic acids is 1. The van der Waals surface area contributed by atoms with Gasteiger partial charge in [0.25, 0.3) is 0 Å². The molecule has 6 nitrogen and oxygen atoms in total. The quantitative estimate of drug-likeness (QED) is 0.852. The van der Waals surface area contributed by atoms with Crippen molar-refractivity contribution in [3.05, 3.63) is 18.0 Å². The monoisotopic (exact) mass is 291 g/mol. The van der Waals surface area contributed by atoms with Gasteiger partial charge in [-0.15, -0.1) is 0 Å². The van der Waals surface area contributed by atoms with Crippen molar-refractivity contribution < 1.29 is 4.79 Å². The zero-order chi connectivity index (χ0) is 14.7. The van der Waals surface area contributed by atoms with E-state index in [-0.39, 0.29) is 5.91 Å². The molecule has 1 atom stereocenters. The molecular weight excluding hydrogens is 266 g/mol. The second-order valence-electron chi connectivity index (χ2n) is 6.30. The van der Waals surface area contributed by atoms with E-state index in [9.17, 15) is 4.79 Å². The van der Waals surface area contributed by atoms with Crippen LogP contribution < -0.4 is 5.73 Å². The molecule has 0 radical (unpaired) electrons. The number of rotatable bonds is 3. The fraction of sp³-hybridized carbons (Fsp3) is 0.733. The molecule has 0 spiro atoms. The average molecular weight is 291 g/mol. The zero-order valence-corrected chi connectivity index (χ0v) is 12.5. The van der Waals surface area contributed by atoms with E-state index in [4.69, 9.17) is 5.73 Å². The van der Waals surface area contributed by atoms with E-state index in [1.165, 1.54) is 0 Å². The maximum Gasteiger partial charge on any atom is 0.236 e. The summed E-state index contributed by atoms with van der Waals surface area (Å²) in [4.78, 5) is 16.7. The van der Waals surface area contributed by atoms with Gasteiger partial charge in [-0.05, 0) is 31.7 Å². The number of H-pyrrole nitrogens is 1. The molecule has 21 heavy (non-hydrogen) atoms. The molecule has 2 aliphatic heterocycles. The van der Waals surface area contributed by atoms with Crippen LogP contribution in [0.15, 0.2) is 12.3 Å². The maximum atomic E-state index is 12.5. The molecule has 116 valence electrons. The molecule has 2 saturated heterocycles. The summed E-state index contributed by atoms with van der Waals surface area (Å²) in [6, 6.07) is 2.33. The topological polar surface area (TPSA) is 78.2 Å². The Balaban J connectivity index is 1.52. The number of carbonyl (C=O) groups is 1. The summed E-state index contributed by atoms with van der Waals surface area (Å²) < 4.78 is 0. The Hall–Kier alpha value is -1.40. The largest absolute Gasteiger partial charge is 0.341 e. The standard InChI is InChI=1S/C15H25N5O/c16-13-4-8-19(9-5-13)11-15(21)20-7-1-2-12(10-20)14-3-6-17-18-14/h3,6,12-13H,1-2,4-5,7-11,16H2,(H,17,18). The van der Waals surface area contributed by atoms with Gasteiger partial charge in [-0.25, -0.2) is 0 Å². The molecule has 3 rings (SSSR count). The number of hydrogen-bond donors (Lipinski definition) is 2. The van der Waals surface area contributed by atoms with Crippen LogP contribution in [0.3, 0.4) is 0 Å². The van der Waals surface area contributed by atoms with E-state index in [1.807, 2.05) is 11.0 Å². The molecule has 3 heterocycles. The number of nitrogens with zero attached hydrogens (tertiary/aromatic N) is 3. The van der Waals surface area contributed by atoms with Crippen LogP contribution >= 0.6 is 0 Å². The molecule has 1 aromatic heterocycles. The lowest BCUT2D eigenvalue weighted by atomic mass is 9.95. The first-order valence-electron chi connectivity index (χ1n) is 7.97. The Labute approximate surface area is 125 Å². The summed E-state index contributed by atoms with van der Waals surface area (Å²) >= 11 is 0. The van der Waals surface area contributed by atoms with Crippen LogP contribution in [0, 0.1) is 0 Å². The summed E-state index contributed by atoms with van der Waals surface area (Å²) in [5.74, 6) is 0.662. The Morgan fingerprint density at radius 2 is 2.14 bits per heavy atom. The highest BCUT2D eigenvalue weighted by Crippen LogP contribution is 2.25. The summed E-state index contributed by atoms with van der Waals surface area (Å²) in [6.07, 6.45) is 5.99. The van der Waals surface area contributed by atoms with Gasteiger partial charge in [0.1, 0.15) is 0 Å². The normalized spacial score (nSPS) is 25.2. The van der Waals surface area contributed by atoms with E-state index in [0.717, 1.165) is 57.6 Å². The number of piperidine rings is 2. The van der Waals surface area contributed by atoms with Gasteiger partial charge in [-0.1, -0.05) is 0 Å². The molecule has 2 fully saturated rings. The predicted octanol–water partition coefficient (Wildman–Crippen LogP) is 0.539. The molecule has 1 aromatic rings. The van der Waals surface area contributed by atoms with Crippen molar-refractivity contribution >= 4 is 5.91 Å². The zero-order valence-electron chi connectivity index (χ0n) is 12.5. The van der Waals surface area contributed by atoms with Crippen molar-refractivity contribution in [2.45, 2.75) is 37.6 Å². The van der Waals surface area contributed by atoms with Crippen LogP contribution in [0.2, 0.25) is 0 Å². The van der Waals surface area contributed by atoms with Crippen molar-refractivity contribution in [3.8, 4) is 0 Å². The van der Waals surface area contributed by atoms with Crippen molar-refractivity contribution in [3.63, 3.8) is 0 Å². The highest BCUT2D eigenvalue weighted by Gasteiger charge is 2.27. The molecular formula is C15H25N5O. The first kappa shape index (κ1) is 14.5. The molecule has 0 saturated carbocycles. The molecule has 1 unspecified atom stereocenters. The first-order valence-corrected chi connectivity index (χ1v) is 7.97. The van der Waals surface area contributed by atoms with Crippen molar-refractivity contribution in [1.29, 1.82) is 0 Å². The van der Waals surface area contributed by atoms with Crippen LogP contribution in [0.1, 0.15) is 37.3 Å². The van der Waals surface area contributed by atoms with Gasteiger partial charge in [0.2, 0.25) is 5.91 Å². The van der Waals surface area contributed by atoms with Crippen LogP contribution in [0.25, 0.3) is 0 Å². The van der Waals surface area contributed by atoms with E-state index >= 15 is 0 Å². The highest BCUT2D eigenvalue weighted by molar-refractivity contribution is 5.78. The third-order valence-corrected chi connectivity index (χ3v) is 4.73. The van der Waals surface area contributed by atoms with E-state index in [0.29, 0.717) is 18.5 Å². The number of amides is 1. The Morgan fingerprint density at radius 1 is 1.33 bits per heavy atom. The van der Waals surface area contributed by atoms with Gasteiger partial charge in [0, 0.05) is 50.0 Å². The van der Waals surface area contributed by atoms with E-state index in [2.05, 4.69) is 15.1 Å². The Kier molecular flexibility index (Phi) is 4.55. The average Bonchev–Trinajstić information content (AvgIpc) is 3.04. The number of nitrogens with two attached hydrogens (primary N) is 1. The van der Waals surface area contributed by atoms with E-state index < -0.39 is 0 Å².